The molecule has 8 atom stereocenters. The molecule has 0 saturated heterocycles. The fourth-order valence-electron chi connectivity index (χ4n) is 5.08. The van der Waals surface area contributed by atoms with Crippen LogP contribution in [-0.4, -0.2) is 103 Å². The number of phosphoric ester groups is 2. The summed E-state index contributed by atoms with van der Waals surface area (Å²) < 4.78 is 48.1. The second kappa shape index (κ2) is 27.4. The van der Waals surface area contributed by atoms with Crippen LogP contribution in [0, 0.1) is 59.7 Å². The van der Waals surface area contributed by atoms with Crippen molar-refractivity contribution in [2.45, 2.75) is 140 Å². The van der Waals surface area contributed by atoms with Crippen LogP contribution in [0.1, 0.15) is 96.8 Å². The molecule has 0 spiro atoms. The summed E-state index contributed by atoms with van der Waals surface area (Å²) in [6.07, 6.45) is 3.99. The Morgan fingerprint density at radius 1 is 0.648 bits per heavy atom. The van der Waals surface area contributed by atoms with Crippen LogP contribution in [-0.2, 0) is 41.8 Å². The van der Waals surface area contributed by atoms with Gasteiger partial charge in [-0.15, -0.1) is 6.42 Å². The largest absolute Gasteiger partial charge is 0.472 e. The number of aliphatic hydroxyl groups is 4. The fraction of sp³-hybridized carbons (Fsp3) is 0.667. The van der Waals surface area contributed by atoms with Crippen LogP contribution in [0.4, 0.5) is 0 Å². The molecule has 6 unspecified atom stereocenters. The van der Waals surface area contributed by atoms with Gasteiger partial charge in [-0.2, -0.15) is 0 Å². The Morgan fingerprint density at radius 3 is 1.57 bits per heavy atom. The van der Waals surface area contributed by atoms with Gasteiger partial charge in [-0.25, -0.2) is 13.9 Å². The van der Waals surface area contributed by atoms with Crippen LogP contribution in [0.5, 0.6) is 0 Å². The molecule has 1 aliphatic rings. The van der Waals surface area contributed by atoms with Crippen LogP contribution in [0.25, 0.3) is 0 Å². The molecule has 1 fully saturated rings. The second-order valence-corrected chi connectivity index (χ2v) is 14.8. The van der Waals surface area contributed by atoms with Crippen molar-refractivity contribution >= 4 is 27.6 Å². The lowest BCUT2D eigenvalue weighted by Gasteiger charge is -2.43. The predicted molar refractivity (Wildman–Crippen MR) is 193 cm³/mol. The topological polar surface area (TPSA) is 256 Å². The molecule has 0 aromatic heterocycles. The summed E-state index contributed by atoms with van der Waals surface area (Å²) >= 11 is 0. The van der Waals surface area contributed by atoms with Crippen molar-refractivity contribution in [1.82, 2.24) is 0 Å². The van der Waals surface area contributed by atoms with Crippen LogP contribution >= 0.6 is 15.6 Å². The van der Waals surface area contributed by atoms with Crippen molar-refractivity contribution in [2.75, 3.05) is 13.2 Å². The maximum atomic E-state index is 12.8. The van der Waals surface area contributed by atoms with Crippen LogP contribution in [0.2, 0.25) is 0 Å². The third kappa shape index (κ3) is 22.2. The van der Waals surface area contributed by atoms with Gasteiger partial charge < -0.3 is 44.6 Å². The maximum absolute atomic E-state index is 12.8. The Hall–Kier alpha value is -3.20. The molecule has 0 aromatic carbocycles. The molecular weight excluding hydrogens is 750 g/mol. The molecule has 16 nitrogen and oxygen atoms in total. The first-order chi connectivity index (χ1) is 25.6. The number of rotatable bonds is 24. The lowest BCUT2D eigenvalue weighted by atomic mass is 9.85. The van der Waals surface area contributed by atoms with E-state index in [1.807, 2.05) is 5.92 Å². The van der Waals surface area contributed by atoms with Crippen molar-refractivity contribution in [1.29, 1.82) is 0 Å². The highest BCUT2D eigenvalue weighted by molar-refractivity contribution is 7.47. The quantitative estimate of drug-likeness (QED) is 0.0242. The van der Waals surface area contributed by atoms with E-state index in [4.69, 9.17) is 34.7 Å². The summed E-state index contributed by atoms with van der Waals surface area (Å²) in [5, 5.41) is 41.1. The van der Waals surface area contributed by atoms with Crippen molar-refractivity contribution in [3.05, 3.63) is 0 Å². The van der Waals surface area contributed by atoms with E-state index >= 15 is 0 Å². The molecule has 7 N–H and O–H groups in total. The number of phosphoric acid groups is 2. The lowest BCUT2D eigenvalue weighted by molar-refractivity contribution is -0.216. The molecule has 1 rings (SSSR count). The Morgan fingerprint density at radius 2 is 1.09 bits per heavy atom. The highest BCUT2D eigenvalue weighted by Gasteiger charge is 2.54. The first-order valence-corrected chi connectivity index (χ1v) is 20.6. The number of hydrogen-bond acceptors (Lipinski definition) is 13. The van der Waals surface area contributed by atoms with Gasteiger partial charge in [0.1, 0.15) is 43.2 Å². The first kappa shape index (κ1) is 48.8. The van der Waals surface area contributed by atoms with Gasteiger partial charge in [0, 0.05) is 12.3 Å². The predicted octanol–water partition coefficient (Wildman–Crippen LogP) is 2.01. The minimum absolute atomic E-state index is 0.0221. The van der Waals surface area contributed by atoms with Crippen molar-refractivity contribution in [3.63, 3.8) is 0 Å². The SMILES string of the molecule is C#CC#CC#CC#CC#CC(=O)OC[C@H](COP(=O)(O)OC1C(O)C(O)C(OP(=O)(O)O)C(O)[C@@H]1O)OC(=O)CCCCCCCCCCCCCCC. The van der Waals surface area contributed by atoms with Crippen molar-refractivity contribution in [2.24, 2.45) is 0 Å². The van der Waals surface area contributed by atoms with Gasteiger partial charge in [0.15, 0.2) is 6.10 Å². The number of carbonyl (C=O) groups is 2. The molecule has 0 bridgehead atoms. The third-order valence-corrected chi connectivity index (χ3v) is 9.28. The standard InChI is InChI=1S/C36H50O16P2/c1-3-5-7-9-11-13-14-15-16-17-19-21-23-25-30(38)50-28(26-48-29(37)24-22-20-18-12-10-8-6-4-2)27-49-54(46,47)52-36-33(41)31(39)35(32(40)34(36)42)51-53(43,44)45/h2,28,31-36,39-42H,3,5,7,9,11,13-17,19,21,23,25-27H2,1H3,(H,46,47)(H2,43,44,45)/t28-,31?,32?,33+,34?,35?,36?/m1/s1. The molecule has 54 heavy (non-hydrogen) atoms. The number of hydrogen-bond donors (Lipinski definition) is 7. The Labute approximate surface area is 316 Å². The Bertz CT molecular complexity index is 1540. The number of ether oxygens (including phenoxy) is 2. The second-order valence-electron chi connectivity index (χ2n) is 12.2. The van der Waals surface area contributed by atoms with Gasteiger partial charge in [-0.1, -0.05) is 84.0 Å². The maximum Gasteiger partial charge on any atom is 0.472 e. The van der Waals surface area contributed by atoms with E-state index in [2.05, 4.69) is 58.8 Å². The molecule has 0 radical (unpaired) electrons. The highest BCUT2D eigenvalue weighted by Crippen LogP contribution is 2.48. The number of aliphatic hydroxyl groups excluding tert-OH is 4. The minimum Gasteiger partial charge on any atom is -0.456 e. The summed E-state index contributed by atoms with van der Waals surface area (Å²) in [6.45, 7) is 0.557. The zero-order chi connectivity index (χ0) is 40.4. The summed E-state index contributed by atoms with van der Waals surface area (Å²) in [5.41, 5.74) is 0. The molecule has 0 aromatic rings. The summed E-state index contributed by atoms with van der Waals surface area (Å²) in [6, 6.07) is 0. The summed E-state index contributed by atoms with van der Waals surface area (Å²) in [4.78, 5) is 53.0. The van der Waals surface area contributed by atoms with Crippen LogP contribution in [0.15, 0.2) is 0 Å². The fourth-order valence-corrected chi connectivity index (χ4v) is 6.62. The summed E-state index contributed by atoms with van der Waals surface area (Å²) in [7, 11) is -10.7. The number of unbranched alkanes of at least 4 members (excludes halogenated alkanes) is 12. The number of terminal acetylenes is 1. The average Bonchev–Trinajstić information content (AvgIpc) is 3.11. The molecule has 300 valence electrons. The smallest absolute Gasteiger partial charge is 0.456 e. The van der Waals surface area contributed by atoms with Crippen LogP contribution in [0.3, 0.4) is 0 Å². The van der Waals surface area contributed by atoms with E-state index in [-0.39, 0.29) is 6.42 Å². The van der Waals surface area contributed by atoms with Gasteiger partial charge in [-0.05, 0) is 53.8 Å². The number of esters is 2. The van der Waals surface area contributed by atoms with Gasteiger partial charge in [0.05, 0.1) is 6.61 Å². The minimum atomic E-state index is -5.33. The molecule has 0 heterocycles. The highest BCUT2D eigenvalue weighted by atomic mass is 31.2. The zero-order valence-corrected chi connectivity index (χ0v) is 31.9. The normalized spacial score (nSPS) is 22.1. The molecule has 18 heteroatoms. The molecule has 0 aliphatic heterocycles. The third-order valence-electron chi connectivity index (χ3n) is 7.78. The van der Waals surface area contributed by atoms with Crippen LogP contribution < -0.4 is 0 Å². The van der Waals surface area contributed by atoms with E-state index in [9.17, 15) is 44.0 Å². The van der Waals surface area contributed by atoms with E-state index in [0.29, 0.717) is 6.42 Å². The van der Waals surface area contributed by atoms with Crippen molar-refractivity contribution < 1.29 is 76.9 Å². The molecule has 0 amide bonds. The number of carbonyl (C=O) groups excluding carboxylic acids is 2. The average molecular weight is 801 g/mol. The molecule has 1 aliphatic carbocycles. The van der Waals surface area contributed by atoms with Gasteiger partial charge >= 0.3 is 27.6 Å². The lowest BCUT2D eigenvalue weighted by Crippen LogP contribution is -2.64. The van der Waals surface area contributed by atoms with E-state index in [1.165, 1.54) is 44.9 Å². The van der Waals surface area contributed by atoms with Gasteiger partial charge in [0.2, 0.25) is 0 Å². The molecular formula is C36H50O16P2. The van der Waals surface area contributed by atoms with Gasteiger partial charge in [-0.3, -0.25) is 18.4 Å². The first-order valence-electron chi connectivity index (χ1n) is 17.6. The molecule has 1 saturated carbocycles. The monoisotopic (exact) mass is 800 g/mol. The summed E-state index contributed by atoms with van der Waals surface area (Å²) in [5.74, 6) is 18.2. The Balaban J connectivity index is 2.77. The van der Waals surface area contributed by atoms with E-state index in [1.54, 1.807) is 0 Å². The van der Waals surface area contributed by atoms with Crippen molar-refractivity contribution in [3.8, 4) is 59.7 Å². The van der Waals surface area contributed by atoms with E-state index in [0.717, 1.165) is 32.1 Å². The zero-order valence-electron chi connectivity index (χ0n) is 30.1. The van der Waals surface area contributed by atoms with E-state index < -0.39 is 83.5 Å². The Kier molecular flexibility index (Phi) is 24.8. The van der Waals surface area contributed by atoms with Gasteiger partial charge in [0.25, 0.3) is 0 Å².